The van der Waals surface area contributed by atoms with E-state index in [1.165, 1.54) is 0 Å². The van der Waals surface area contributed by atoms with Gasteiger partial charge in [0.15, 0.2) is 10.8 Å². The van der Waals surface area contributed by atoms with Gasteiger partial charge in [0.2, 0.25) is 0 Å². The summed E-state index contributed by atoms with van der Waals surface area (Å²) >= 11 is 1.68. The average Bonchev–Trinajstić information content (AvgIpc) is 3.27. The molecule has 0 atom stereocenters. The van der Waals surface area contributed by atoms with E-state index in [0.717, 1.165) is 34.3 Å². The molecule has 3 aromatic heterocycles. The Balaban J connectivity index is 1.48. The molecule has 1 aliphatic rings. The molecule has 120 valence electrons. The topological polar surface area (TPSA) is 70.1 Å². The first-order valence-corrected chi connectivity index (χ1v) is 8.43. The van der Waals surface area contributed by atoms with Crippen molar-refractivity contribution < 1.29 is 4.79 Å². The van der Waals surface area contributed by atoms with Gasteiger partial charge in [-0.3, -0.25) is 4.79 Å². The molecule has 0 saturated carbocycles. The molecule has 3 aromatic rings. The zero-order valence-corrected chi connectivity index (χ0v) is 13.9. The van der Waals surface area contributed by atoms with Gasteiger partial charge in [0.25, 0.3) is 5.91 Å². The molecule has 1 amide bonds. The Labute approximate surface area is 137 Å². The first-order chi connectivity index (χ1) is 11.1. The largest absolute Gasteiger partial charge is 0.357 e. The van der Waals surface area contributed by atoms with Crippen LogP contribution < -0.4 is 4.90 Å². The minimum atomic E-state index is 0.0685. The van der Waals surface area contributed by atoms with Gasteiger partial charge in [0, 0.05) is 39.4 Å². The molecule has 7 nitrogen and oxygen atoms in total. The van der Waals surface area contributed by atoms with E-state index in [4.69, 9.17) is 4.98 Å². The quantitative estimate of drug-likeness (QED) is 0.775. The Bertz CT molecular complexity index is 806. The predicted molar refractivity (Wildman–Crippen MR) is 90.0 cm³/mol. The van der Waals surface area contributed by atoms with Crippen molar-refractivity contribution >= 4 is 32.7 Å². The molecule has 0 aliphatic carbocycles. The highest BCUT2D eigenvalue weighted by Gasteiger charge is 2.25. The standard InChI is InChI=1S/C15H18N6OS/c1-10-12-13(19(2)18-10)17-15(23-12)21-8-6-20(7-9-21)14(22)11-4-3-5-16-11/h3-5,16H,6-9H2,1-2H3. The number of thiazole rings is 1. The minimum Gasteiger partial charge on any atom is -0.357 e. The maximum absolute atomic E-state index is 12.3. The lowest BCUT2D eigenvalue weighted by molar-refractivity contribution is 0.0741. The lowest BCUT2D eigenvalue weighted by atomic mass is 10.3. The maximum atomic E-state index is 12.3. The fourth-order valence-electron chi connectivity index (χ4n) is 2.94. The van der Waals surface area contributed by atoms with Crippen molar-refractivity contribution in [3.05, 3.63) is 29.7 Å². The summed E-state index contributed by atoms with van der Waals surface area (Å²) in [6.07, 6.45) is 1.78. The molecular formula is C15H18N6OS. The van der Waals surface area contributed by atoms with Crippen molar-refractivity contribution in [3.63, 3.8) is 0 Å². The van der Waals surface area contributed by atoms with Crippen LogP contribution in [-0.2, 0) is 7.05 Å². The fourth-order valence-corrected chi connectivity index (χ4v) is 4.03. The third kappa shape index (κ3) is 2.39. The third-order valence-electron chi connectivity index (χ3n) is 4.20. The maximum Gasteiger partial charge on any atom is 0.270 e. The van der Waals surface area contributed by atoms with Crippen LogP contribution in [-0.4, -0.2) is 56.7 Å². The number of aromatic amines is 1. The van der Waals surface area contributed by atoms with Crippen LogP contribution in [0.15, 0.2) is 18.3 Å². The van der Waals surface area contributed by atoms with E-state index in [1.54, 1.807) is 17.5 Å². The summed E-state index contributed by atoms with van der Waals surface area (Å²) in [5.41, 5.74) is 2.61. The summed E-state index contributed by atoms with van der Waals surface area (Å²) < 4.78 is 2.97. The van der Waals surface area contributed by atoms with E-state index in [1.807, 2.05) is 35.7 Å². The Morgan fingerprint density at radius 2 is 2.09 bits per heavy atom. The molecule has 8 heteroatoms. The number of amides is 1. The van der Waals surface area contributed by atoms with Gasteiger partial charge in [-0.15, -0.1) is 0 Å². The Morgan fingerprint density at radius 1 is 1.30 bits per heavy atom. The van der Waals surface area contributed by atoms with Crippen LogP contribution in [0.25, 0.3) is 10.3 Å². The number of carbonyl (C=O) groups excluding carboxylic acids is 1. The number of piperazine rings is 1. The van der Waals surface area contributed by atoms with Gasteiger partial charge in [-0.1, -0.05) is 11.3 Å². The normalized spacial score (nSPS) is 15.6. The second kappa shape index (κ2) is 5.38. The summed E-state index contributed by atoms with van der Waals surface area (Å²) in [5, 5.41) is 5.41. The SMILES string of the molecule is Cc1nn(C)c2nc(N3CCN(C(=O)c4ccc[nH]4)CC3)sc12. The summed E-state index contributed by atoms with van der Waals surface area (Å²) in [4.78, 5) is 24.2. The van der Waals surface area contributed by atoms with Crippen LogP contribution in [0.2, 0.25) is 0 Å². The van der Waals surface area contributed by atoms with Gasteiger partial charge in [0.05, 0.1) is 10.4 Å². The van der Waals surface area contributed by atoms with Crippen molar-refractivity contribution in [1.29, 1.82) is 0 Å². The highest BCUT2D eigenvalue weighted by Crippen LogP contribution is 2.31. The third-order valence-corrected chi connectivity index (χ3v) is 5.41. The first-order valence-electron chi connectivity index (χ1n) is 7.61. The molecule has 23 heavy (non-hydrogen) atoms. The molecule has 0 unspecified atom stereocenters. The van der Waals surface area contributed by atoms with E-state index in [2.05, 4.69) is 15.0 Å². The van der Waals surface area contributed by atoms with E-state index in [0.29, 0.717) is 18.8 Å². The zero-order valence-electron chi connectivity index (χ0n) is 13.1. The van der Waals surface area contributed by atoms with Gasteiger partial charge in [-0.2, -0.15) is 5.10 Å². The number of H-pyrrole nitrogens is 1. The molecule has 0 bridgehead atoms. The van der Waals surface area contributed by atoms with Crippen LogP contribution in [0, 0.1) is 6.92 Å². The highest BCUT2D eigenvalue weighted by molar-refractivity contribution is 7.22. The van der Waals surface area contributed by atoms with Crippen molar-refractivity contribution in [2.24, 2.45) is 7.05 Å². The van der Waals surface area contributed by atoms with Crippen molar-refractivity contribution in [3.8, 4) is 0 Å². The van der Waals surface area contributed by atoms with Gasteiger partial charge < -0.3 is 14.8 Å². The number of carbonyl (C=O) groups is 1. The van der Waals surface area contributed by atoms with Crippen molar-refractivity contribution in [2.75, 3.05) is 31.1 Å². The van der Waals surface area contributed by atoms with Gasteiger partial charge in [0.1, 0.15) is 5.69 Å². The monoisotopic (exact) mass is 330 g/mol. The van der Waals surface area contributed by atoms with Crippen LogP contribution >= 0.6 is 11.3 Å². The summed E-state index contributed by atoms with van der Waals surface area (Å²) in [6, 6.07) is 3.67. The summed E-state index contributed by atoms with van der Waals surface area (Å²) in [7, 11) is 1.92. The van der Waals surface area contributed by atoms with E-state index in [9.17, 15) is 4.79 Å². The van der Waals surface area contributed by atoms with Gasteiger partial charge in [-0.25, -0.2) is 9.67 Å². The number of nitrogens with one attached hydrogen (secondary N) is 1. The Hall–Kier alpha value is -2.35. The number of nitrogens with zero attached hydrogens (tertiary/aromatic N) is 5. The number of hydrogen-bond acceptors (Lipinski definition) is 5. The van der Waals surface area contributed by atoms with Crippen molar-refractivity contribution in [1.82, 2.24) is 24.6 Å². The average molecular weight is 330 g/mol. The lowest BCUT2D eigenvalue weighted by Crippen LogP contribution is -2.48. The molecule has 1 N–H and O–H groups in total. The van der Waals surface area contributed by atoms with Crippen LogP contribution in [0.3, 0.4) is 0 Å². The van der Waals surface area contributed by atoms with Crippen LogP contribution in [0.4, 0.5) is 5.13 Å². The lowest BCUT2D eigenvalue weighted by Gasteiger charge is -2.34. The number of hydrogen-bond donors (Lipinski definition) is 1. The highest BCUT2D eigenvalue weighted by atomic mass is 32.1. The molecule has 0 radical (unpaired) electrons. The second-order valence-electron chi connectivity index (χ2n) is 5.72. The number of anilines is 1. The fraction of sp³-hybridized carbons (Fsp3) is 0.400. The summed E-state index contributed by atoms with van der Waals surface area (Å²) in [6.45, 7) is 5.05. The summed E-state index contributed by atoms with van der Waals surface area (Å²) in [5.74, 6) is 0.0685. The van der Waals surface area contributed by atoms with Gasteiger partial charge >= 0.3 is 0 Å². The number of aromatic nitrogens is 4. The van der Waals surface area contributed by atoms with Crippen LogP contribution in [0.5, 0.6) is 0 Å². The molecule has 1 saturated heterocycles. The van der Waals surface area contributed by atoms with E-state index in [-0.39, 0.29) is 5.91 Å². The second-order valence-corrected chi connectivity index (χ2v) is 6.70. The minimum absolute atomic E-state index is 0.0685. The van der Waals surface area contributed by atoms with Crippen molar-refractivity contribution in [2.45, 2.75) is 6.92 Å². The Kier molecular flexibility index (Phi) is 3.33. The van der Waals surface area contributed by atoms with E-state index < -0.39 is 0 Å². The van der Waals surface area contributed by atoms with Crippen LogP contribution in [0.1, 0.15) is 16.2 Å². The molecule has 1 aliphatic heterocycles. The molecule has 0 spiro atoms. The number of rotatable bonds is 2. The molecule has 0 aromatic carbocycles. The first kappa shape index (κ1) is 14.3. The smallest absolute Gasteiger partial charge is 0.270 e. The number of fused-ring (bicyclic) bond motifs is 1. The molecule has 4 rings (SSSR count). The molecule has 1 fully saturated rings. The number of aryl methyl sites for hydroxylation is 2. The van der Waals surface area contributed by atoms with E-state index >= 15 is 0 Å². The zero-order chi connectivity index (χ0) is 16.0. The molecular weight excluding hydrogens is 312 g/mol. The van der Waals surface area contributed by atoms with Gasteiger partial charge in [-0.05, 0) is 19.1 Å². The Morgan fingerprint density at radius 3 is 2.74 bits per heavy atom. The predicted octanol–water partition coefficient (Wildman–Crippen LogP) is 1.63. The molecule has 4 heterocycles.